The molecule has 2 aromatic rings. The van der Waals surface area contributed by atoms with Crippen LogP contribution in [-0.2, 0) is 22.7 Å². The third-order valence-electron chi connectivity index (χ3n) is 2.28. The van der Waals surface area contributed by atoms with Crippen LogP contribution < -0.4 is 0 Å². The van der Waals surface area contributed by atoms with Gasteiger partial charge in [-0.25, -0.2) is 4.79 Å². The van der Waals surface area contributed by atoms with Crippen molar-refractivity contribution in [1.82, 2.24) is 4.98 Å². The molecule has 1 aromatic carbocycles. The van der Waals surface area contributed by atoms with E-state index < -0.39 is 6.16 Å². The van der Waals surface area contributed by atoms with Gasteiger partial charge in [0, 0.05) is 18.0 Å². The fourth-order valence-electron chi connectivity index (χ4n) is 1.38. The number of ether oxygens (including phenoxy) is 2. The van der Waals surface area contributed by atoms with Crippen molar-refractivity contribution in [2.45, 2.75) is 13.2 Å². The smallest absolute Gasteiger partial charge is 0.429 e. The molecular weight excluding hydrogens is 230 g/mol. The van der Waals surface area contributed by atoms with Gasteiger partial charge < -0.3 is 9.47 Å². The molecular formula is C14H13NO3. The Bertz CT molecular complexity index is 439. The molecule has 0 unspecified atom stereocenters. The summed E-state index contributed by atoms with van der Waals surface area (Å²) < 4.78 is 9.92. The van der Waals surface area contributed by atoms with Gasteiger partial charge in [-0.1, -0.05) is 36.4 Å². The molecule has 0 fully saturated rings. The molecule has 0 N–H and O–H groups in total. The van der Waals surface area contributed by atoms with Crippen LogP contribution in [0, 0.1) is 0 Å². The first-order chi connectivity index (χ1) is 8.84. The van der Waals surface area contributed by atoms with Crippen LogP contribution >= 0.6 is 0 Å². The van der Waals surface area contributed by atoms with E-state index in [1.54, 1.807) is 18.5 Å². The summed E-state index contributed by atoms with van der Waals surface area (Å²) in [5.74, 6) is 0. The number of hydrogen-bond acceptors (Lipinski definition) is 4. The molecule has 1 heterocycles. The highest BCUT2D eigenvalue weighted by molar-refractivity contribution is 5.59. The Hall–Kier alpha value is -2.36. The highest BCUT2D eigenvalue weighted by atomic mass is 16.7. The van der Waals surface area contributed by atoms with Gasteiger partial charge in [0.15, 0.2) is 0 Å². The molecule has 0 radical (unpaired) electrons. The second-order valence-corrected chi connectivity index (χ2v) is 3.67. The number of hydrogen-bond donors (Lipinski definition) is 0. The van der Waals surface area contributed by atoms with Gasteiger partial charge >= 0.3 is 6.16 Å². The number of carbonyl (C=O) groups is 1. The van der Waals surface area contributed by atoms with E-state index in [4.69, 9.17) is 9.47 Å². The molecule has 0 saturated carbocycles. The quantitative estimate of drug-likeness (QED) is 0.774. The summed E-state index contributed by atoms with van der Waals surface area (Å²) in [6.07, 6.45) is 2.63. The third-order valence-corrected chi connectivity index (χ3v) is 2.28. The zero-order chi connectivity index (χ0) is 12.6. The van der Waals surface area contributed by atoms with Crippen molar-refractivity contribution in [3.63, 3.8) is 0 Å². The lowest BCUT2D eigenvalue weighted by Gasteiger charge is -2.06. The van der Waals surface area contributed by atoms with Crippen LogP contribution in [0.4, 0.5) is 4.79 Å². The summed E-state index contributed by atoms with van der Waals surface area (Å²) in [7, 11) is 0. The molecule has 0 spiro atoms. The molecule has 0 aliphatic carbocycles. The Balaban J connectivity index is 1.73. The molecule has 0 amide bonds. The molecule has 0 saturated heterocycles. The minimum atomic E-state index is -0.678. The van der Waals surface area contributed by atoms with Gasteiger partial charge in [0.05, 0.1) is 0 Å². The predicted molar refractivity (Wildman–Crippen MR) is 65.7 cm³/mol. The maximum Gasteiger partial charge on any atom is 0.508 e. The highest BCUT2D eigenvalue weighted by Gasteiger charge is 2.04. The van der Waals surface area contributed by atoms with Crippen molar-refractivity contribution >= 4 is 6.16 Å². The summed E-state index contributed by atoms with van der Waals surface area (Å²) in [5, 5.41) is 0. The largest absolute Gasteiger partial charge is 0.508 e. The van der Waals surface area contributed by atoms with Crippen molar-refractivity contribution in [2.24, 2.45) is 0 Å². The molecule has 92 valence electrons. The first-order valence-corrected chi connectivity index (χ1v) is 5.57. The van der Waals surface area contributed by atoms with E-state index in [2.05, 4.69) is 4.98 Å². The SMILES string of the molecule is O=C(OCc1ccccc1)OCc1cccnc1. The van der Waals surface area contributed by atoms with Crippen molar-refractivity contribution in [3.05, 3.63) is 66.0 Å². The van der Waals surface area contributed by atoms with Crippen LogP contribution in [0.2, 0.25) is 0 Å². The Morgan fingerprint density at radius 2 is 1.61 bits per heavy atom. The van der Waals surface area contributed by atoms with Crippen LogP contribution in [0.1, 0.15) is 11.1 Å². The minimum Gasteiger partial charge on any atom is -0.429 e. The van der Waals surface area contributed by atoms with E-state index in [0.717, 1.165) is 11.1 Å². The molecule has 1 aromatic heterocycles. The van der Waals surface area contributed by atoms with Crippen molar-refractivity contribution in [2.75, 3.05) is 0 Å². The van der Waals surface area contributed by atoms with Gasteiger partial charge in [-0.05, 0) is 11.6 Å². The van der Waals surface area contributed by atoms with E-state index in [1.165, 1.54) is 0 Å². The standard InChI is InChI=1S/C14H13NO3/c16-14(17-10-12-5-2-1-3-6-12)18-11-13-7-4-8-15-9-13/h1-9H,10-11H2. The zero-order valence-electron chi connectivity index (χ0n) is 9.78. The molecule has 2 rings (SSSR count). The van der Waals surface area contributed by atoms with E-state index in [9.17, 15) is 4.79 Å². The van der Waals surface area contributed by atoms with Gasteiger partial charge in [-0.3, -0.25) is 4.98 Å². The molecule has 0 atom stereocenters. The summed E-state index contributed by atoms with van der Waals surface area (Å²) in [6.45, 7) is 0.383. The lowest BCUT2D eigenvalue weighted by molar-refractivity contribution is 0.0446. The summed E-state index contributed by atoms with van der Waals surface area (Å²) in [6, 6.07) is 13.1. The second kappa shape index (κ2) is 6.39. The average molecular weight is 243 g/mol. The zero-order valence-corrected chi connectivity index (χ0v) is 9.78. The Morgan fingerprint density at radius 1 is 0.944 bits per heavy atom. The minimum absolute atomic E-state index is 0.168. The Morgan fingerprint density at radius 3 is 2.28 bits per heavy atom. The van der Waals surface area contributed by atoms with Gasteiger partial charge in [-0.2, -0.15) is 0 Å². The molecule has 0 aliphatic rings. The average Bonchev–Trinajstić information content (AvgIpc) is 2.45. The van der Waals surface area contributed by atoms with Crippen molar-refractivity contribution < 1.29 is 14.3 Å². The van der Waals surface area contributed by atoms with E-state index in [0.29, 0.717) is 0 Å². The molecule has 0 aliphatic heterocycles. The molecule has 18 heavy (non-hydrogen) atoms. The molecule has 4 nitrogen and oxygen atoms in total. The van der Waals surface area contributed by atoms with E-state index in [1.807, 2.05) is 36.4 Å². The van der Waals surface area contributed by atoms with Gasteiger partial charge in [0.25, 0.3) is 0 Å². The predicted octanol–water partition coefficient (Wildman–Crippen LogP) is 2.94. The Kier molecular flexibility index (Phi) is 4.30. The van der Waals surface area contributed by atoms with Gasteiger partial charge in [-0.15, -0.1) is 0 Å². The number of rotatable bonds is 4. The van der Waals surface area contributed by atoms with Crippen LogP contribution in [0.25, 0.3) is 0 Å². The van der Waals surface area contributed by atoms with Gasteiger partial charge in [0.2, 0.25) is 0 Å². The lowest BCUT2D eigenvalue weighted by atomic mass is 10.2. The fourth-order valence-corrected chi connectivity index (χ4v) is 1.38. The summed E-state index contributed by atoms with van der Waals surface area (Å²) >= 11 is 0. The highest BCUT2D eigenvalue weighted by Crippen LogP contribution is 2.03. The number of nitrogens with zero attached hydrogens (tertiary/aromatic N) is 1. The van der Waals surface area contributed by atoms with E-state index >= 15 is 0 Å². The Labute approximate surface area is 105 Å². The van der Waals surface area contributed by atoms with E-state index in [-0.39, 0.29) is 13.2 Å². The molecule has 0 bridgehead atoms. The topological polar surface area (TPSA) is 48.4 Å². The van der Waals surface area contributed by atoms with Crippen LogP contribution in [0.3, 0.4) is 0 Å². The first-order valence-electron chi connectivity index (χ1n) is 5.57. The number of aromatic nitrogens is 1. The van der Waals surface area contributed by atoms with Crippen molar-refractivity contribution in [3.8, 4) is 0 Å². The number of pyridine rings is 1. The second-order valence-electron chi connectivity index (χ2n) is 3.67. The lowest BCUT2D eigenvalue weighted by Crippen LogP contribution is -2.07. The maximum atomic E-state index is 11.3. The number of benzene rings is 1. The summed E-state index contributed by atoms with van der Waals surface area (Å²) in [5.41, 5.74) is 1.75. The summed E-state index contributed by atoms with van der Waals surface area (Å²) in [4.78, 5) is 15.2. The molecule has 4 heteroatoms. The normalized spacial score (nSPS) is 9.78. The maximum absolute atomic E-state index is 11.3. The van der Waals surface area contributed by atoms with Crippen LogP contribution in [0.5, 0.6) is 0 Å². The van der Waals surface area contributed by atoms with Crippen LogP contribution in [0.15, 0.2) is 54.9 Å². The monoisotopic (exact) mass is 243 g/mol. The van der Waals surface area contributed by atoms with Crippen molar-refractivity contribution in [1.29, 1.82) is 0 Å². The fraction of sp³-hybridized carbons (Fsp3) is 0.143. The van der Waals surface area contributed by atoms with Crippen LogP contribution in [-0.4, -0.2) is 11.1 Å². The van der Waals surface area contributed by atoms with Gasteiger partial charge in [0.1, 0.15) is 13.2 Å². The number of carbonyl (C=O) groups excluding carboxylic acids is 1. The third kappa shape index (κ3) is 3.90. The first kappa shape index (κ1) is 12.1.